The average Bonchev–Trinajstić information content (AvgIpc) is 3.01. The molecule has 160 valence electrons. The van der Waals surface area contributed by atoms with Crippen molar-refractivity contribution in [2.24, 2.45) is 4.99 Å². The number of ether oxygens (including phenoxy) is 1. The molecule has 0 bridgehead atoms. The third kappa shape index (κ3) is 6.49. The normalized spacial score (nSPS) is 12.3. The Bertz CT molecular complexity index is 830. The summed E-state index contributed by atoms with van der Waals surface area (Å²) in [6.45, 7) is 7.42. The van der Waals surface area contributed by atoms with Gasteiger partial charge in [0.05, 0.1) is 16.9 Å². The second-order valence-electron chi connectivity index (χ2n) is 6.58. The van der Waals surface area contributed by atoms with Gasteiger partial charge in [-0.3, -0.25) is 4.99 Å². The minimum Gasteiger partial charge on any atom is -0.382 e. The first-order chi connectivity index (χ1) is 13.8. The molecule has 0 atom stereocenters. The third-order valence-electron chi connectivity index (χ3n) is 4.28. The van der Waals surface area contributed by atoms with Crippen molar-refractivity contribution in [2.75, 3.05) is 26.8 Å². The molecule has 0 radical (unpaired) electrons. The number of halogens is 3. The van der Waals surface area contributed by atoms with Gasteiger partial charge in [-0.05, 0) is 51.0 Å². The maximum Gasteiger partial charge on any atom is 0.416 e. The molecule has 0 saturated heterocycles. The number of aliphatic imine (C=N–C) groups is 1. The van der Waals surface area contributed by atoms with E-state index in [-0.39, 0.29) is 12.1 Å². The molecule has 0 spiro atoms. The standard InChI is InChI=1S/C20H28F3N5O/c1-5-29-10-6-9-25-19(24-4)26-13-16-7-8-17(12-18(16)20(21,22)23)28-15(3)11-14(2)27-28/h7-8,11-12H,5-6,9-10,13H2,1-4H3,(H2,24,25,26). The second-order valence-corrected chi connectivity index (χ2v) is 6.58. The summed E-state index contributed by atoms with van der Waals surface area (Å²) in [4.78, 5) is 4.05. The van der Waals surface area contributed by atoms with Gasteiger partial charge in [0.15, 0.2) is 5.96 Å². The van der Waals surface area contributed by atoms with E-state index in [1.165, 1.54) is 10.7 Å². The largest absolute Gasteiger partial charge is 0.416 e. The number of alkyl halides is 3. The van der Waals surface area contributed by atoms with Gasteiger partial charge in [-0.1, -0.05) is 6.07 Å². The van der Waals surface area contributed by atoms with Gasteiger partial charge in [-0.15, -0.1) is 0 Å². The molecule has 29 heavy (non-hydrogen) atoms. The van der Waals surface area contributed by atoms with Crippen molar-refractivity contribution in [2.45, 2.75) is 39.9 Å². The van der Waals surface area contributed by atoms with Crippen molar-refractivity contribution in [1.82, 2.24) is 20.4 Å². The monoisotopic (exact) mass is 411 g/mol. The topological polar surface area (TPSA) is 63.5 Å². The summed E-state index contributed by atoms with van der Waals surface area (Å²) in [6, 6.07) is 6.08. The molecule has 0 aliphatic heterocycles. The SMILES string of the molecule is CCOCCCNC(=NC)NCc1ccc(-n2nc(C)cc2C)cc1C(F)(F)F. The Morgan fingerprint density at radius 1 is 1.21 bits per heavy atom. The summed E-state index contributed by atoms with van der Waals surface area (Å²) >= 11 is 0. The third-order valence-corrected chi connectivity index (χ3v) is 4.28. The van der Waals surface area contributed by atoms with Crippen LogP contribution in [0.15, 0.2) is 29.3 Å². The molecule has 0 unspecified atom stereocenters. The van der Waals surface area contributed by atoms with Crippen molar-refractivity contribution in [3.8, 4) is 5.69 Å². The lowest BCUT2D eigenvalue weighted by Gasteiger charge is -2.17. The summed E-state index contributed by atoms with van der Waals surface area (Å²) < 4.78 is 47.8. The number of benzene rings is 1. The van der Waals surface area contributed by atoms with Gasteiger partial charge < -0.3 is 15.4 Å². The first-order valence-electron chi connectivity index (χ1n) is 9.52. The van der Waals surface area contributed by atoms with E-state index in [1.807, 2.05) is 19.9 Å². The molecule has 0 saturated carbocycles. The highest BCUT2D eigenvalue weighted by Crippen LogP contribution is 2.33. The highest BCUT2D eigenvalue weighted by Gasteiger charge is 2.33. The van der Waals surface area contributed by atoms with Crippen LogP contribution in [0.4, 0.5) is 13.2 Å². The smallest absolute Gasteiger partial charge is 0.382 e. The van der Waals surface area contributed by atoms with Gasteiger partial charge in [0.25, 0.3) is 0 Å². The van der Waals surface area contributed by atoms with Crippen molar-refractivity contribution in [3.05, 3.63) is 46.8 Å². The fraction of sp³-hybridized carbons (Fsp3) is 0.500. The van der Waals surface area contributed by atoms with E-state index < -0.39 is 11.7 Å². The number of aromatic nitrogens is 2. The van der Waals surface area contributed by atoms with Gasteiger partial charge in [0.2, 0.25) is 0 Å². The lowest BCUT2D eigenvalue weighted by Crippen LogP contribution is -2.38. The number of hydrogen-bond acceptors (Lipinski definition) is 3. The molecule has 1 aromatic heterocycles. The van der Waals surface area contributed by atoms with Crippen LogP contribution in [0.3, 0.4) is 0 Å². The lowest BCUT2D eigenvalue weighted by atomic mass is 10.1. The summed E-state index contributed by atoms with van der Waals surface area (Å²) in [5, 5.41) is 10.3. The summed E-state index contributed by atoms with van der Waals surface area (Å²) in [5.41, 5.74) is 1.35. The van der Waals surface area contributed by atoms with Gasteiger partial charge in [0.1, 0.15) is 0 Å². The number of nitrogens with one attached hydrogen (secondary N) is 2. The Kier molecular flexibility index (Phi) is 8.07. The van der Waals surface area contributed by atoms with Crippen LogP contribution in [0, 0.1) is 13.8 Å². The highest BCUT2D eigenvalue weighted by molar-refractivity contribution is 5.79. The predicted molar refractivity (Wildman–Crippen MR) is 107 cm³/mol. The van der Waals surface area contributed by atoms with Gasteiger partial charge in [-0.2, -0.15) is 18.3 Å². The van der Waals surface area contributed by atoms with Crippen molar-refractivity contribution < 1.29 is 17.9 Å². The van der Waals surface area contributed by atoms with E-state index in [1.54, 1.807) is 20.0 Å². The molecular weight excluding hydrogens is 383 g/mol. The molecule has 2 aromatic rings. The zero-order chi connectivity index (χ0) is 21.4. The Morgan fingerprint density at radius 3 is 2.55 bits per heavy atom. The lowest BCUT2D eigenvalue weighted by molar-refractivity contribution is -0.138. The second kappa shape index (κ2) is 10.3. The molecule has 6 nitrogen and oxygen atoms in total. The van der Waals surface area contributed by atoms with Gasteiger partial charge in [0, 0.05) is 39.0 Å². The van der Waals surface area contributed by atoms with Crippen LogP contribution >= 0.6 is 0 Å². The first kappa shape index (κ1) is 22.7. The molecule has 0 fully saturated rings. The average molecular weight is 411 g/mol. The quantitative estimate of drug-likeness (QED) is 0.396. The Labute approximate surface area is 169 Å². The van der Waals surface area contributed by atoms with Crippen molar-refractivity contribution in [3.63, 3.8) is 0 Å². The number of hydrogen-bond donors (Lipinski definition) is 2. The minimum atomic E-state index is -4.47. The fourth-order valence-corrected chi connectivity index (χ4v) is 2.93. The Balaban J connectivity index is 2.12. The van der Waals surface area contributed by atoms with Crippen molar-refractivity contribution >= 4 is 5.96 Å². The van der Waals surface area contributed by atoms with E-state index in [0.717, 1.165) is 23.9 Å². The highest BCUT2D eigenvalue weighted by atomic mass is 19.4. The summed E-state index contributed by atoms with van der Waals surface area (Å²) in [5.74, 6) is 0.442. The molecule has 2 rings (SSSR count). The Hall–Kier alpha value is -2.55. The van der Waals surface area contributed by atoms with E-state index >= 15 is 0 Å². The maximum atomic E-state index is 13.7. The molecule has 0 aliphatic rings. The number of rotatable bonds is 8. The van der Waals surface area contributed by atoms with Crippen LogP contribution in [-0.2, 0) is 17.5 Å². The van der Waals surface area contributed by atoms with E-state index in [4.69, 9.17) is 4.74 Å². The van der Waals surface area contributed by atoms with Crippen LogP contribution in [-0.4, -0.2) is 42.5 Å². The Morgan fingerprint density at radius 2 is 1.97 bits per heavy atom. The maximum absolute atomic E-state index is 13.7. The van der Waals surface area contributed by atoms with Gasteiger partial charge >= 0.3 is 6.18 Å². The fourth-order valence-electron chi connectivity index (χ4n) is 2.93. The first-order valence-corrected chi connectivity index (χ1v) is 9.52. The van der Waals surface area contributed by atoms with Crippen LogP contribution in [0.2, 0.25) is 0 Å². The zero-order valence-electron chi connectivity index (χ0n) is 17.2. The molecule has 9 heteroatoms. The zero-order valence-corrected chi connectivity index (χ0v) is 17.2. The molecule has 0 aliphatic carbocycles. The van der Waals surface area contributed by atoms with E-state index in [0.29, 0.717) is 31.4 Å². The predicted octanol–water partition coefficient (Wildman–Crippen LogP) is 3.60. The summed E-state index contributed by atoms with van der Waals surface area (Å²) in [6.07, 6.45) is -3.70. The van der Waals surface area contributed by atoms with Crippen LogP contribution in [0.1, 0.15) is 35.9 Å². The molecule has 0 amide bonds. The number of nitrogens with zero attached hydrogens (tertiary/aromatic N) is 3. The van der Waals surface area contributed by atoms with Crippen LogP contribution in [0.25, 0.3) is 5.69 Å². The molecule has 1 heterocycles. The van der Waals surface area contributed by atoms with E-state index in [9.17, 15) is 13.2 Å². The number of guanidine groups is 1. The van der Waals surface area contributed by atoms with E-state index in [2.05, 4.69) is 20.7 Å². The number of aryl methyl sites for hydroxylation is 2. The van der Waals surface area contributed by atoms with Gasteiger partial charge in [-0.25, -0.2) is 4.68 Å². The van der Waals surface area contributed by atoms with Crippen molar-refractivity contribution in [1.29, 1.82) is 0 Å². The molecular formula is C20H28F3N5O. The molecule has 1 aromatic carbocycles. The minimum absolute atomic E-state index is 0.00261. The molecule has 2 N–H and O–H groups in total. The van der Waals surface area contributed by atoms with Crippen LogP contribution < -0.4 is 10.6 Å². The van der Waals surface area contributed by atoms with Crippen LogP contribution in [0.5, 0.6) is 0 Å². The summed E-state index contributed by atoms with van der Waals surface area (Å²) in [7, 11) is 1.58.